The molecule has 0 aromatic carbocycles. The number of aliphatic hydroxyl groups excluding tert-OH is 7. The van der Waals surface area contributed by atoms with E-state index >= 15 is 0 Å². The number of ether oxygens (including phenoxy) is 9. The van der Waals surface area contributed by atoms with Crippen LogP contribution in [0.25, 0.3) is 0 Å². The molecule has 370 valence electrons. The van der Waals surface area contributed by atoms with E-state index in [-0.39, 0.29) is 54.0 Å². The molecule has 0 radical (unpaired) electrons. The first-order valence-electron chi connectivity index (χ1n) is 24.4. The van der Waals surface area contributed by atoms with E-state index < -0.39 is 117 Å². The molecular weight excluding hydrogens is 852 g/mol. The lowest BCUT2D eigenvalue weighted by atomic mass is 9.43. The summed E-state index contributed by atoms with van der Waals surface area (Å²) < 4.78 is 54.1. The molecule has 25 unspecified atom stereocenters. The third-order valence-electron chi connectivity index (χ3n) is 18.0. The zero-order valence-electron chi connectivity index (χ0n) is 38.3. The van der Waals surface area contributed by atoms with Crippen molar-refractivity contribution in [1.29, 1.82) is 0 Å². The van der Waals surface area contributed by atoms with Crippen LogP contribution < -0.4 is 0 Å². The van der Waals surface area contributed by atoms with Crippen molar-refractivity contribution in [2.75, 3.05) is 13.2 Å². The highest BCUT2D eigenvalue weighted by molar-refractivity contribution is 5.85. The van der Waals surface area contributed by atoms with Crippen molar-refractivity contribution >= 4 is 5.97 Å². The highest BCUT2D eigenvalue weighted by atomic mass is 16.8. The first kappa shape index (κ1) is 48.6. The second kappa shape index (κ2) is 18.7. The van der Waals surface area contributed by atoms with E-state index in [1.54, 1.807) is 19.9 Å². The molecule has 5 aliphatic heterocycles. The van der Waals surface area contributed by atoms with Gasteiger partial charge >= 0.3 is 5.97 Å². The van der Waals surface area contributed by atoms with Gasteiger partial charge in [-0.2, -0.15) is 0 Å². The van der Waals surface area contributed by atoms with Crippen LogP contribution in [0.1, 0.15) is 112 Å². The molecule has 0 aromatic rings. The Labute approximate surface area is 380 Å². The van der Waals surface area contributed by atoms with Gasteiger partial charge in [0.2, 0.25) is 0 Å². The third kappa shape index (κ3) is 8.79. The first-order valence-corrected chi connectivity index (χ1v) is 24.4. The van der Waals surface area contributed by atoms with Crippen LogP contribution in [0.2, 0.25) is 0 Å². The molecule has 0 amide bonds. The molecule has 8 N–H and O–H groups in total. The van der Waals surface area contributed by atoms with Crippen LogP contribution in [0, 0.1) is 34.5 Å². The average molecular weight is 927 g/mol. The number of hydrogen-bond acceptors (Lipinski definition) is 18. The average Bonchev–Trinajstić information content (AvgIpc) is 3.80. The van der Waals surface area contributed by atoms with E-state index in [2.05, 4.69) is 13.8 Å². The highest BCUT2D eigenvalue weighted by Crippen LogP contribution is 2.70. The van der Waals surface area contributed by atoms with Crippen LogP contribution in [0.5, 0.6) is 0 Å². The Kier molecular flexibility index (Phi) is 14.0. The second-order valence-corrected chi connectivity index (χ2v) is 21.5. The standard InChI is InChI=1S/C47H74O18/c1-21-41(63-36-17-31(50)42(22(2)59-36)64-37-18-32(51)43(23(3)60-37)65-44-40(55)39(54)38(53)33(19-48)62-44)30(49)16-35(58-21)61-26-8-11-45(4)25(15-26)6-7-29-28(45)9-12-46(5)27(10-13-47(29,46)56)24-14-34(52)57-20-24/h14,21-23,25-33,35-44,48-51,53-56H,6-13,15-20H2,1-5H3. The summed E-state index contributed by atoms with van der Waals surface area (Å²) in [7, 11) is 0. The fourth-order valence-corrected chi connectivity index (χ4v) is 14.3. The molecule has 4 aliphatic carbocycles. The van der Waals surface area contributed by atoms with Crippen LogP contribution >= 0.6 is 0 Å². The van der Waals surface area contributed by atoms with Crippen molar-refractivity contribution in [2.24, 2.45) is 34.5 Å². The fourth-order valence-electron chi connectivity index (χ4n) is 14.3. The van der Waals surface area contributed by atoms with E-state index in [0.29, 0.717) is 18.4 Å². The lowest BCUT2D eigenvalue weighted by Crippen LogP contribution is -2.62. The summed E-state index contributed by atoms with van der Waals surface area (Å²) in [4.78, 5) is 12.0. The quantitative estimate of drug-likeness (QED) is 0.113. The summed E-state index contributed by atoms with van der Waals surface area (Å²) >= 11 is 0. The van der Waals surface area contributed by atoms with Gasteiger partial charge in [-0.25, -0.2) is 4.79 Å². The van der Waals surface area contributed by atoms with E-state index in [4.69, 9.17) is 42.6 Å². The molecule has 0 aromatic heterocycles. The lowest BCUT2D eigenvalue weighted by molar-refractivity contribution is -0.355. The van der Waals surface area contributed by atoms with Gasteiger partial charge in [-0.15, -0.1) is 0 Å². The molecule has 5 heterocycles. The molecule has 18 heteroatoms. The van der Waals surface area contributed by atoms with Gasteiger partial charge in [-0.3, -0.25) is 0 Å². The smallest absolute Gasteiger partial charge is 0.331 e. The van der Waals surface area contributed by atoms with Crippen LogP contribution in [-0.4, -0.2) is 176 Å². The minimum atomic E-state index is -1.64. The molecule has 0 spiro atoms. The predicted molar refractivity (Wildman–Crippen MR) is 224 cm³/mol. The summed E-state index contributed by atoms with van der Waals surface area (Å²) in [5, 5.41) is 86.5. The Bertz CT molecular complexity index is 1680. The van der Waals surface area contributed by atoms with Gasteiger partial charge in [0.25, 0.3) is 0 Å². The summed E-state index contributed by atoms with van der Waals surface area (Å²) in [5.74, 6) is 1.01. The van der Waals surface area contributed by atoms with Crippen molar-refractivity contribution < 1.29 is 88.3 Å². The molecule has 25 atom stereocenters. The van der Waals surface area contributed by atoms with Gasteiger partial charge in [0.05, 0.1) is 54.9 Å². The lowest BCUT2D eigenvalue weighted by Gasteiger charge is -2.64. The Morgan fingerprint density at radius 1 is 0.646 bits per heavy atom. The van der Waals surface area contributed by atoms with Gasteiger partial charge in [0.1, 0.15) is 49.3 Å². The predicted octanol–water partition coefficient (Wildman–Crippen LogP) is 1.07. The van der Waals surface area contributed by atoms with Crippen molar-refractivity contribution in [1.82, 2.24) is 0 Å². The van der Waals surface area contributed by atoms with Crippen molar-refractivity contribution in [2.45, 2.75) is 228 Å². The van der Waals surface area contributed by atoms with Crippen LogP contribution in [0.3, 0.4) is 0 Å². The fraction of sp³-hybridized carbons (Fsp3) is 0.936. The number of rotatable bonds is 10. The molecule has 0 bridgehead atoms. The van der Waals surface area contributed by atoms with Crippen LogP contribution in [0.15, 0.2) is 11.6 Å². The number of fused-ring (bicyclic) bond motifs is 5. The molecule has 65 heavy (non-hydrogen) atoms. The van der Waals surface area contributed by atoms with Gasteiger partial charge in [0, 0.05) is 30.8 Å². The monoisotopic (exact) mass is 926 g/mol. The Morgan fingerprint density at radius 2 is 1.23 bits per heavy atom. The molecule has 9 aliphatic rings. The van der Waals surface area contributed by atoms with Crippen LogP contribution in [-0.2, 0) is 47.4 Å². The van der Waals surface area contributed by atoms with Crippen molar-refractivity contribution in [3.05, 3.63) is 11.6 Å². The number of carbonyl (C=O) groups excluding carboxylic acids is 1. The zero-order chi connectivity index (χ0) is 46.3. The topological polar surface area (TPSA) is 262 Å². The van der Waals surface area contributed by atoms with E-state index in [1.807, 2.05) is 6.92 Å². The summed E-state index contributed by atoms with van der Waals surface area (Å²) in [6.07, 6.45) is -7.33. The second-order valence-electron chi connectivity index (χ2n) is 21.5. The van der Waals surface area contributed by atoms with Crippen LogP contribution in [0.4, 0.5) is 0 Å². The summed E-state index contributed by atoms with van der Waals surface area (Å²) in [5.41, 5.74) is 0.118. The minimum absolute atomic E-state index is 0.0150. The SMILES string of the molecule is CC1OC(OC2CCC3(C)C(CCC4C3CCC3(C)C(C5=CC(=O)OC5)CCC43O)C2)CC(O)C1OC1CC(O)C(OC2CC(O)C(OC3OC(CO)C(O)C(O)C3O)C(C)O2)C(C)O1. The molecule has 8 fully saturated rings. The number of carbonyl (C=O) groups is 1. The molecule has 9 rings (SSSR count). The Balaban J connectivity index is 0.730. The first-order chi connectivity index (χ1) is 30.8. The summed E-state index contributed by atoms with van der Waals surface area (Å²) in [6, 6.07) is 0. The van der Waals surface area contributed by atoms with Crippen molar-refractivity contribution in [3.8, 4) is 0 Å². The maximum Gasteiger partial charge on any atom is 0.331 e. The highest BCUT2D eigenvalue weighted by Gasteiger charge is 2.68. The van der Waals surface area contributed by atoms with Crippen molar-refractivity contribution in [3.63, 3.8) is 0 Å². The number of aliphatic hydroxyl groups is 8. The molecule has 4 saturated carbocycles. The minimum Gasteiger partial charge on any atom is -0.458 e. The number of cyclic esters (lactones) is 1. The third-order valence-corrected chi connectivity index (χ3v) is 18.0. The van der Waals surface area contributed by atoms with E-state index in [0.717, 1.165) is 63.4 Å². The molecular formula is C47H74O18. The molecule has 18 nitrogen and oxygen atoms in total. The Morgan fingerprint density at radius 3 is 1.78 bits per heavy atom. The summed E-state index contributed by atoms with van der Waals surface area (Å²) in [6.45, 7) is 9.61. The largest absolute Gasteiger partial charge is 0.458 e. The number of hydrogen-bond donors (Lipinski definition) is 8. The van der Waals surface area contributed by atoms with E-state index in [9.17, 15) is 45.6 Å². The maximum atomic E-state index is 12.6. The zero-order valence-corrected chi connectivity index (χ0v) is 38.3. The Hall–Kier alpha value is -1.43. The normalized spacial score (nSPS) is 54.8. The van der Waals surface area contributed by atoms with Gasteiger partial charge in [-0.1, -0.05) is 13.8 Å². The maximum absolute atomic E-state index is 12.6. The van der Waals surface area contributed by atoms with Gasteiger partial charge in [0.15, 0.2) is 25.2 Å². The van der Waals surface area contributed by atoms with Gasteiger partial charge < -0.3 is 83.5 Å². The van der Waals surface area contributed by atoms with Gasteiger partial charge in [-0.05, 0) is 113 Å². The molecule has 4 saturated heterocycles. The van der Waals surface area contributed by atoms with E-state index in [1.165, 1.54) is 0 Å². The number of esters is 1.